The maximum atomic E-state index is 12.8. The normalized spacial score (nSPS) is 10.7. The summed E-state index contributed by atoms with van der Waals surface area (Å²) >= 11 is 0. The van der Waals surface area contributed by atoms with E-state index >= 15 is 0 Å². The molecule has 0 radical (unpaired) electrons. The number of benzene rings is 2. The van der Waals surface area contributed by atoms with Crippen molar-refractivity contribution in [3.05, 3.63) is 105 Å². The fraction of sp³-hybridized carbons (Fsp3) is 0.0476. The van der Waals surface area contributed by atoms with Gasteiger partial charge in [0.05, 0.1) is 16.6 Å². The van der Waals surface area contributed by atoms with Gasteiger partial charge in [-0.3, -0.25) is 14.6 Å². The summed E-state index contributed by atoms with van der Waals surface area (Å²) < 4.78 is 1.07. The van der Waals surface area contributed by atoms with Crippen LogP contribution < -0.4 is 16.6 Å². The lowest BCUT2D eigenvalue weighted by atomic mass is 10.1. The Bertz CT molecular complexity index is 1260. The fourth-order valence-corrected chi connectivity index (χ4v) is 2.96. The van der Waals surface area contributed by atoms with E-state index in [1.807, 2.05) is 6.07 Å². The van der Waals surface area contributed by atoms with Gasteiger partial charge >= 0.3 is 5.69 Å². The number of amides is 1. The molecule has 2 heterocycles. The van der Waals surface area contributed by atoms with Crippen molar-refractivity contribution in [3.8, 4) is 5.69 Å². The van der Waals surface area contributed by atoms with E-state index in [0.29, 0.717) is 28.7 Å². The van der Waals surface area contributed by atoms with Crippen LogP contribution in [-0.4, -0.2) is 20.4 Å². The number of nitrogens with one attached hydrogen (secondary N) is 2. The maximum absolute atomic E-state index is 12.8. The minimum absolute atomic E-state index is 0.307. The zero-order chi connectivity index (χ0) is 19.5. The molecule has 0 aliphatic rings. The van der Waals surface area contributed by atoms with Crippen molar-refractivity contribution in [2.75, 3.05) is 0 Å². The Morgan fingerprint density at radius 2 is 1.86 bits per heavy atom. The van der Waals surface area contributed by atoms with Crippen LogP contribution in [0.3, 0.4) is 0 Å². The summed E-state index contributed by atoms with van der Waals surface area (Å²) in [6.07, 6.45) is 3.33. The standard InChI is InChI=1S/C21H16N4O3/c26-19(23-13-14-5-4-10-22-12-14)15-8-9-17-18(11-15)24-21(28)25(20(17)27)16-6-2-1-3-7-16/h1-12H,13H2,(H,23,26)(H,24,28). The van der Waals surface area contributed by atoms with Gasteiger partial charge in [0, 0.05) is 24.5 Å². The molecule has 2 N–H and O–H groups in total. The summed E-state index contributed by atoms with van der Waals surface area (Å²) in [5.74, 6) is -0.307. The molecule has 0 fully saturated rings. The van der Waals surface area contributed by atoms with Crippen LogP contribution in [-0.2, 0) is 6.54 Å². The molecular formula is C21H16N4O3. The van der Waals surface area contributed by atoms with E-state index in [1.54, 1.807) is 60.9 Å². The van der Waals surface area contributed by atoms with Crippen LogP contribution in [0, 0.1) is 0 Å². The summed E-state index contributed by atoms with van der Waals surface area (Å²) in [6, 6.07) is 16.9. The maximum Gasteiger partial charge on any atom is 0.333 e. The Labute approximate surface area is 159 Å². The van der Waals surface area contributed by atoms with E-state index in [-0.39, 0.29) is 5.91 Å². The first kappa shape index (κ1) is 17.4. The lowest BCUT2D eigenvalue weighted by molar-refractivity contribution is 0.0951. The molecule has 0 bridgehead atoms. The molecule has 1 amide bonds. The van der Waals surface area contributed by atoms with Crippen LogP contribution in [0.25, 0.3) is 16.6 Å². The van der Waals surface area contributed by atoms with Gasteiger partial charge in [0.15, 0.2) is 0 Å². The van der Waals surface area contributed by atoms with Gasteiger partial charge in [-0.25, -0.2) is 9.36 Å². The van der Waals surface area contributed by atoms with Crippen molar-refractivity contribution < 1.29 is 4.79 Å². The molecular weight excluding hydrogens is 356 g/mol. The number of hydrogen-bond acceptors (Lipinski definition) is 4. The number of carbonyl (C=O) groups excluding carboxylic acids is 1. The molecule has 0 atom stereocenters. The van der Waals surface area contributed by atoms with E-state index in [0.717, 1.165) is 10.1 Å². The highest BCUT2D eigenvalue weighted by atomic mass is 16.2. The number of fused-ring (bicyclic) bond motifs is 1. The number of aromatic nitrogens is 3. The van der Waals surface area contributed by atoms with E-state index in [1.165, 1.54) is 6.07 Å². The number of carbonyl (C=O) groups is 1. The molecule has 0 spiro atoms. The Morgan fingerprint density at radius 1 is 1.04 bits per heavy atom. The Kier molecular flexibility index (Phi) is 4.55. The average Bonchev–Trinajstić information content (AvgIpc) is 2.73. The Morgan fingerprint density at radius 3 is 2.61 bits per heavy atom. The number of H-pyrrole nitrogens is 1. The first-order chi connectivity index (χ1) is 13.6. The lowest BCUT2D eigenvalue weighted by Gasteiger charge is -2.08. The van der Waals surface area contributed by atoms with Crippen molar-refractivity contribution >= 4 is 16.8 Å². The van der Waals surface area contributed by atoms with Crippen LogP contribution in [0.2, 0.25) is 0 Å². The van der Waals surface area contributed by atoms with Crippen molar-refractivity contribution in [2.45, 2.75) is 6.54 Å². The molecule has 4 aromatic rings. The quantitative estimate of drug-likeness (QED) is 0.573. The molecule has 0 saturated heterocycles. The Hall–Kier alpha value is -4.00. The largest absolute Gasteiger partial charge is 0.348 e. The van der Waals surface area contributed by atoms with Gasteiger partial charge in [0.25, 0.3) is 11.5 Å². The predicted octanol–water partition coefficient (Wildman–Crippen LogP) is 2.00. The third-order valence-electron chi connectivity index (χ3n) is 4.35. The van der Waals surface area contributed by atoms with Crippen molar-refractivity contribution in [3.63, 3.8) is 0 Å². The van der Waals surface area contributed by atoms with E-state index < -0.39 is 11.2 Å². The van der Waals surface area contributed by atoms with Crippen LogP contribution in [0.1, 0.15) is 15.9 Å². The molecule has 0 saturated carbocycles. The predicted molar refractivity (Wildman–Crippen MR) is 106 cm³/mol. The van der Waals surface area contributed by atoms with E-state index in [9.17, 15) is 14.4 Å². The molecule has 7 nitrogen and oxygen atoms in total. The van der Waals surface area contributed by atoms with Crippen LogP contribution >= 0.6 is 0 Å². The third kappa shape index (κ3) is 3.33. The van der Waals surface area contributed by atoms with Crippen molar-refractivity contribution in [1.29, 1.82) is 0 Å². The van der Waals surface area contributed by atoms with Crippen molar-refractivity contribution in [1.82, 2.24) is 19.9 Å². The summed E-state index contributed by atoms with van der Waals surface area (Å²) in [5, 5.41) is 3.12. The molecule has 28 heavy (non-hydrogen) atoms. The van der Waals surface area contributed by atoms with Crippen molar-refractivity contribution in [2.24, 2.45) is 0 Å². The van der Waals surface area contributed by atoms with Gasteiger partial charge in [-0.1, -0.05) is 24.3 Å². The van der Waals surface area contributed by atoms with Crippen LogP contribution in [0.15, 0.2) is 82.6 Å². The molecule has 0 aliphatic heterocycles. The third-order valence-corrected chi connectivity index (χ3v) is 4.35. The average molecular weight is 372 g/mol. The van der Waals surface area contributed by atoms with Gasteiger partial charge in [-0.15, -0.1) is 0 Å². The lowest BCUT2D eigenvalue weighted by Crippen LogP contribution is -2.33. The molecule has 138 valence electrons. The van der Waals surface area contributed by atoms with Crippen LogP contribution in [0.5, 0.6) is 0 Å². The fourth-order valence-electron chi connectivity index (χ4n) is 2.96. The summed E-state index contributed by atoms with van der Waals surface area (Å²) in [5.41, 5.74) is 1.02. The second-order valence-electron chi connectivity index (χ2n) is 6.21. The summed E-state index contributed by atoms with van der Waals surface area (Å²) in [6.45, 7) is 0.330. The minimum atomic E-state index is -0.559. The first-order valence-electron chi connectivity index (χ1n) is 8.65. The summed E-state index contributed by atoms with van der Waals surface area (Å²) in [7, 11) is 0. The zero-order valence-electron chi connectivity index (χ0n) is 14.8. The number of nitrogens with zero attached hydrogens (tertiary/aromatic N) is 2. The van der Waals surface area contributed by atoms with Crippen LogP contribution in [0.4, 0.5) is 0 Å². The molecule has 0 aliphatic carbocycles. The first-order valence-corrected chi connectivity index (χ1v) is 8.65. The van der Waals surface area contributed by atoms with E-state index in [4.69, 9.17) is 0 Å². The topological polar surface area (TPSA) is 96.8 Å². The van der Waals surface area contributed by atoms with Gasteiger partial charge in [0.2, 0.25) is 0 Å². The van der Waals surface area contributed by atoms with Gasteiger partial charge in [0.1, 0.15) is 0 Å². The second kappa shape index (κ2) is 7.32. The van der Waals surface area contributed by atoms with Gasteiger partial charge < -0.3 is 10.3 Å². The molecule has 7 heteroatoms. The highest BCUT2D eigenvalue weighted by molar-refractivity contribution is 5.97. The SMILES string of the molecule is O=C(NCc1cccnc1)c1ccc2c(=O)n(-c3ccccc3)c(=O)[nH]c2c1. The summed E-state index contributed by atoms with van der Waals surface area (Å²) in [4.78, 5) is 44.3. The highest BCUT2D eigenvalue weighted by Crippen LogP contribution is 2.11. The number of hydrogen-bond donors (Lipinski definition) is 2. The number of para-hydroxylation sites is 1. The number of pyridine rings is 1. The molecule has 2 aromatic heterocycles. The smallest absolute Gasteiger partial charge is 0.333 e. The molecule has 4 rings (SSSR count). The zero-order valence-corrected chi connectivity index (χ0v) is 14.8. The minimum Gasteiger partial charge on any atom is -0.348 e. The monoisotopic (exact) mass is 372 g/mol. The molecule has 2 aromatic carbocycles. The van der Waals surface area contributed by atoms with Gasteiger partial charge in [-0.2, -0.15) is 0 Å². The van der Waals surface area contributed by atoms with Gasteiger partial charge in [-0.05, 0) is 42.0 Å². The second-order valence-corrected chi connectivity index (χ2v) is 6.21. The Balaban J connectivity index is 1.67. The van der Waals surface area contributed by atoms with E-state index in [2.05, 4.69) is 15.3 Å². The molecule has 0 unspecified atom stereocenters. The number of rotatable bonds is 4. The highest BCUT2D eigenvalue weighted by Gasteiger charge is 2.12. The number of aromatic amines is 1.